The smallest absolute Gasteiger partial charge is 0.251 e. The van der Waals surface area contributed by atoms with Crippen LogP contribution in [0.1, 0.15) is 21.5 Å². The molecule has 0 radical (unpaired) electrons. The maximum Gasteiger partial charge on any atom is 0.251 e. The Hall–Kier alpha value is -3.47. The van der Waals surface area contributed by atoms with Crippen LogP contribution in [-0.2, 0) is 13.2 Å². The molecule has 0 aliphatic heterocycles. The van der Waals surface area contributed by atoms with Crippen LogP contribution in [0.15, 0.2) is 72.8 Å². The van der Waals surface area contributed by atoms with Gasteiger partial charge in [0.1, 0.15) is 12.4 Å². The molecule has 1 N–H and O–H groups in total. The first-order chi connectivity index (χ1) is 13.7. The fourth-order valence-electron chi connectivity index (χ4n) is 2.78. The molecule has 5 nitrogen and oxygen atoms in total. The van der Waals surface area contributed by atoms with Gasteiger partial charge in [-0.05, 0) is 29.8 Å². The highest BCUT2D eigenvalue weighted by Crippen LogP contribution is 2.27. The van der Waals surface area contributed by atoms with Gasteiger partial charge in [-0.25, -0.2) is 0 Å². The van der Waals surface area contributed by atoms with E-state index in [0.29, 0.717) is 30.2 Å². The van der Waals surface area contributed by atoms with Gasteiger partial charge in [0.15, 0.2) is 11.5 Å². The molecule has 0 saturated heterocycles. The van der Waals surface area contributed by atoms with Gasteiger partial charge < -0.3 is 19.5 Å². The molecule has 0 bridgehead atoms. The molecule has 144 valence electrons. The van der Waals surface area contributed by atoms with Gasteiger partial charge in [-0.2, -0.15) is 0 Å². The number of amides is 1. The van der Waals surface area contributed by atoms with Gasteiger partial charge in [0.25, 0.3) is 5.91 Å². The lowest BCUT2D eigenvalue weighted by atomic mass is 10.1. The Bertz CT molecular complexity index is 925. The van der Waals surface area contributed by atoms with Crippen molar-refractivity contribution in [3.05, 3.63) is 89.5 Å². The molecule has 3 aromatic rings. The van der Waals surface area contributed by atoms with Crippen LogP contribution in [0, 0.1) is 0 Å². The number of benzene rings is 3. The Morgan fingerprint density at radius 1 is 0.821 bits per heavy atom. The monoisotopic (exact) mass is 377 g/mol. The Morgan fingerprint density at radius 2 is 1.54 bits per heavy atom. The summed E-state index contributed by atoms with van der Waals surface area (Å²) >= 11 is 0. The first kappa shape index (κ1) is 19.3. The third-order valence-electron chi connectivity index (χ3n) is 4.29. The Morgan fingerprint density at radius 3 is 2.29 bits per heavy atom. The average molecular weight is 377 g/mol. The number of nitrogens with one attached hydrogen (secondary N) is 1. The summed E-state index contributed by atoms with van der Waals surface area (Å²) in [5.41, 5.74) is 2.50. The molecule has 28 heavy (non-hydrogen) atoms. The van der Waals surface area contributed by atoms with Crippen LogP contribution in [-0.4, -0.2) is 20.1 Å². The molecule has 0 heterocycles. The number of rotatable bonds is 8. The number of carbonyl (C=O) groups is 1. The zero-order valence-corrected chi connectivity index (χ0v) is 16.0. The predicted molar refractivity (Wildman–Crippen MR) is 108 cm³/mol. The van der Waals surface area contributed by atoms with Crippen molar-refractivity contribution in [3.8, 4) is 17.2 Å². The van der Waals surface area contributed by atoms with E-state index < -0.39 is 0 Å². The largest absolute Gasteiger partial charge is 0.493 e. The van der Waals surface area contributed by atoms with E-state index in [4.69, 9.17) is 14.2 Å². The molecule has 0 aromatic heterocycles. The van der Waals surface area contributed by atoms with Crippen LogP contribution < -0.4 is 19.5 Å². The number of carbonyl (C=O) groups excluding carboxylic acids is 1. The molecule has 0 aliphatic carbocycles. The van der Waals surface area contributed by atoms with Gasteiger partial charge >= 0.3 is 0 Å². The van der Waals surface area contributed by atoms with Crippen molar-refractivity contribution in [2.75, 3.05) is 14.2 Å². The van der Waals surface area contributed by atoms with Gasteiger partial charge in [-0.15, -0.1) is 0 Å². The molecule has 3 rings (SSSR count). The lowest BCUT2D eigenvalue weighted by molar-refractivity contribution is 0.0950. The second kappa shape index (κ2) is 9.46. The summed E-state index contributed by atoms with van der Waals surface area (Å²) in [7, 11) is 3.10. The van der Waals surface area contributed by atoms with Crippen molar-refractivity contribution in [1.29, 1.82) is 0 Å². The van der Waals surface area contributed by atoms with Crippen LogP contribution in [0.5, 0.6) is 17.2 Å². The number of hydrogen-bond acceptors (Lipinski definition) is 4. The molecule has 0 saturated carbocycles. The first-order valence-electron chi connectivity index (χ1n) is 8.96. The number of methoxy groups -OCH3 is 2. The van der Waals surface area contributed by atoms with Gasteiger partial charge in [-0.3, -0.25) is 4.79 Å². The Balaban J connectivity index is 1.65. The van der Waals surface area contributed by atoms with E-state index in [1.807, 2.05) is 54.6 Å². The summed E-state index contributed by atoms with van der Waals surface area (Å²) in [6.07, 6.45) is 0. The fourth-order valence-corrected chi connectivity index (χ4v) is 2.78. The van der Waals surface area contributed by atoms with Crippen LogP contribution in [0.25, 0.3) is 0 Å². The molecule has 0 unspecified atom stereocenters. The van der Waals surface area contributed by atoms with E-state index in [9.17, 15) is 4.79 Å². The summed E-state index contributed by atoms with van der Waals surface area (Å²) in [6.45, 7) is 0.833. The maximum atomic E-state index is 12.5. The van der Waals surface area contributed by atoms with Crippen LogP contribution >= 0.6 is 0 Å². The van der Waals surface area contributed by atoms with E-state index in [0.717, 1.165) is 16.9 Å². The molecule has 5 heteroatoms. The van der Waals surface area contributed by atoms with Crippen molar-refractivity contribution in [3.63, 3.8) is 0 Å². The molecule has 0 aliphatic rings. The molecule has 0 atom stereocenters. The Kier molecular flexibility index (Phi) is 6.52. The Labute approximate surface area is 164 Å². The summed E-state index contributed by atoms with van der Waals surface area (Å²) in [5, 5.41) is 2.93. The summed E-state index contributed by atoms with van der Waals surface area (Å²) in [5.74, 6) is 1.65. The van der Waals surface area contributed by atoms with Gasteiger partial charge in [0.05, 0.1) is 14.2 Å². The normalized spacial score (nSPS) is 10.2. The molecular formula is C23H23NO4. The van der Waals surface area contributed by atoms with Crippen molar-refractivity contribution in [1.82, 2.24) is 5.32 Å². The van der Waals surface area contributed by atoms with Crippen molar-refractivity contribution in [2.45, 2.75) is 13.2 Å². The minimum absolute atomic E-state index is 0.196. The van der Waals surface area contributed by atoms with Crippen LogP contribution in [0.2, 0.25) is 0 Å². The summed E-state index contributed by atoms with van der Waals surface area (Å²) < 4.78 is 16.4. The zero-order chi connectivity index (χ0) is 19.8. The minimum atomic E-state index is -0.196. The number of hydrogen-bond donors (Lipinski definition) is 1. The third kappa shape index (κ3) is 4.82. The molecule has 1 amide bonds. The van der Waals surface area contributed by atoms with Crippen molar-refractivity contribution < 1.29 is 19.0 Å². The van der Waals surface area contributed by atoms with Crippen LogP contribution in [0.4, 0.5) is 0 Å². The highest BCUT2D eigenvalue weighted by Gasteiger charge is 2.12. The minimum Gasteiger partial charge on any atom is -0.493 e. The standard InChI is InChI=1S/C23H23NO4/c1-26-21-13-12-18(14-22(21)27-2)23(25)24-15-19-10-6-7-11-20(19)28-16-17-8-4-3-5-9-17/h3-14H,15-16H2,1-2H3,(H,24,25). The van der Waals surface area contributed by atoms with E-state index in [1.54, 1.807) is 32.4 Å². The van der Waals surface area contributed by atoms with E-state index in [-0.39, 0.29) is 5.91 Å². The fraction of sp³-hybridized carbons (Fsp3) is 0.174. The van der Waals surface area contributed by atoms with Gasteiger partial charge in [0, 0.05) is 17.7 Å². The van der Waals surface area contributed by atoms with Crippen LogP contribution in [0.3, 0.4) is 0 Å². The highest BCUT2D eigenvalue weighted by molar-refractivity contribution is 5.94. The highest BCUT2D eigenvalue weighted by atomic mass is 16.5. The quantitative estimate of drug-likeness (QED) is 0.639. The second-order valence-corrected chi connectivity index (χ2v) is 6.13. The van der Waals surface area contributed by atoms with E-state index in [2.05, 4.69) is 5.32 Å². The van der Waals surface area contributed by atoms with Gasteiger partial charge in [-0.1, -0.05) is 48.5 Å². The molecular weight excluding hydrogens is 354 g/mol. The van der Waals surface area contributed by atoms with E-state index >= 15 is 0 Å². The van der Waals surface area contributed by atoms with Crippen molar-refractivity contribution in [2.24, 2.45) is 0 Å². The summed E-state index contributed by atoms with van der Waals surface area (Å²) in [4.78, 5) is 12.5. The number of para-hydroxylation sites is 1. The topological polar surface area (TPSA) is 56.8 Å². The SMILES string of the molecule is COc1ccc(C(=O)NCc2ccccc2OCc2ccccc2)cc1OC. The molecule has 3 aromatic carbocycles. The van der Waals surface area contributed by atoms with Crippen molar-refractivity contribution >= 4 is 5.91 Å². The lowest BCUT2D eigenvalue weighted by Crippen LogP contribution is -2.23. The maximum absolute atomic E-state index is 12.5. The first-order valence-corrected chi connectivity index (χ1v) is 8.96. The average Bonchev–Trinajstić information content (AvgIpc) is 2.76. The zero-order valence-electron chi connectivity index (χ0n) is 16.0. The molecule has 0 fully saturated rings. The lowest BCUT2D eigenvalue weighted by Gasteiger charge is -2.13. The molecule has 0 spiro atoms. The number of ether oxygens (including phenoxy) is 3. The third-order valence-corrected chi connectivity index (χ3v) is 4.29. The summed E-state index contributed by atoms with van der Waals surface area (Å²) in [6, 6.07) is 22.7. The predicted octanol–water partition coefficient (Wildman–Crippen LogP) is 4.21. The second-order valence-electron chi connectivity index (χ2n) is 6.13. The van der Waals surface area contributed by atoms with Gasteiger partial charge in [0.2, 0.25) is 0 Å². The van der Waals surface area contributed by atoms with E-state index in [1.165, 1.54) is 0 Å².